The van der Waals surface area contributed by atoms with Crippen LogP contribution in [0, 0.1) is 6.92 Å². The molecule has 0 saturated carbocycles. The van der Waals surface area contributed by atoms with Gasteiger partial charge in [0.25, 0.3) is 0 Å². The lowest BCUT2D eigenvalue weighted by Crippen LogP contribution is -2.38. The number of aromatic nitrogens is 2. The van der Waals surface area contributed by atoms with Crippen molar-refractivity contribution in [1.82, 2.24) is 9.97 Å². The first-order chi connectivity index (χ1) is 7.83. The molecule has 1 aromatic heterocycles. The van der Waals surface area contributed by atoms with E-state index in [1.54, 1.807) is 12.4 Å². The molecule has 4 heteroatoms. The zero-order valence-electron chi connectivity index (χ0n) is 9.76. The van der Waals surface area contributed by atoms with Crippen molar-refractivity contribution in [2.45, 2.75) is 38.6 Å². The van der Waals surface area contributed by atoms with Gasteiger partial charge in [0.1, 0.15) is 5.82 Å². The zero-order chi connectivity index (χ0) is 11.4. The number of rotatable bonds is 2. The van der Waals surface area contributed by atoms with Crippen LogP contribution in [0.2, 0.25) is 0 Å². The summed E-state index contributed by atoms with van der Waals surface area (Å²) in [6.07, 6.45) is 8.10. The molecule has 2 heterocycles. The Labute approximate surface area is 96.3 Å². The van der Waals surface area contributed by atoms with E-state index in [-0.39, 0.29) is 12.6 Å². The van der Waals surface area contributed by atoms with Gasteiger partial charge in [-0.05, 0) is 19.8 Å². The van der Waals surface area contributed by atoms with Crippen molar-refractivity contribution in [2.24, 2.45) is 0 Å². The first-order valence-corrected chi connectivity index (χ1v) is 5.98. The lowest BCUT2D eigenvalue weighted by Gasteiger charge is -2.30. The highest BCUT2D eigenvalue weighted by atomic mass is 16.3. The Kier molecular flexibility index (Phi) is 3.72. The fourth-order valence-electron chi connectivity index (χ4n) is 2.33. The predicted molar refractivity (Wildman–Crippen MR) is 63.5 cm³/mol. The van der Waals surface area contributed by atoms with Crippen LogP contribution in [0.25, 0.3) is 0 Å². The van der Waals surface area contributed by atoms with Gasteiger partial charge >= 0.3 is 0 Å². The number of anilines is 1. The monoisotopic (exact) mass is 221 g/mol. The Hall–Kier alpha value is -1.16. The standard InChI is InChI=1S/C12H19N3O/c1-10-12(14-7-6-13-10)15-8-4-2-3-5-11(15)9-16/h6-7,11,16H,2-5,8-9H2,1H3. The normalized spacial score (nSPS) is 21.9. The molecule has 0 spiro atoms. The molecular formula is C12H19N3O. The lowest BCUT2D eigenvalue weighted by molar-refractivity contribution is 0.254. The van der Waals surface area contributed by atoms with E-state index in [1.807, 2.05) is 6.92 Å². The summed E-state index contributed by atoms with van der Waals surface area (Å²) in [6, 6.07) is 0.206. The molecular weight excluding hydrogens is 202 g/mol. The summed E-state index contributed by atoms with van der Waals surface area (Å²) < 4.78 is 0. The highest BCUT2D eigenvalue weighted by Crippen LogP contribution is 2.23. The number of aliphatic hydroxyl groups is 1. The van der Waals surface area contributed by atoms with Gasteiger partial charge < -0.3 is 10.0 Å². The van der Waals surface area contributed by atoms with E-state index in [9.17, 15) is 5.11 Å². The molecule has 1 aliphatic rings. The van der Waals surface area contributed by atoms with Crippen molar-refractivity contribution in [3.05, 3.63) is 18.1 Å². The maximum atomic E-state index is 9.45. The molecule has 4 nitrogen and oxygen atoms in total. The van der Waals surface area contributed by atoms with Crippen LogP contribution >= 0.6 is 0 Å². The average Bonchev–Trinajstić information content (AvgIpc) is 2.54. The fraction of sp³-hybridized carbons (Fsp3) is 0.667. The van der Waals surface area contributed by atoms with Gasteiger partial charge in [-0.3, -0.25) is 4.98 Å². The van der Waals surface area contributed by atoms with Crippen molar-refractivity contribution in [3.8, 4) is 0 Å². The minimum absolute atomic E-state index is 0.204. The third-order valence-corrected chi connectivity index (χ3v) is 3.22. The topological polar surface area (TPSA) is 49.2 Å². The van der Waals surface area contributed by atoms with Crippen molar-refractivity contribution < 1.29 is 5.11 Å². The van der Waals surface area contributed by atoms with Gasteiger partial charge in [-0.25, -0.2) is 4.98 Å². The highest BCUT2D eigenvalue weighted by Gasteiger charge is 2.22. The molecule has 1 N–H and O–H groups in total. The zero-order valence-corrected chi connectivity index (χ0v) is 9.76. The average molecular weight is 221 g/mol. The van der Waals surface area contributed by atoms with Crippen LogP contribution in [-0.4, -0.2) is 34.3 Å². The number of aliphatic hydroxyl groups excluding tert-OH is 1. The largest absolute Gasteiger partial charge is 0.394 e. The smallest absolute Gasteiger partial charge is 0.150 e. The molecule has 0 amide bonds. The van der Waals surface area contributed by atoms with Crippen LogP contribution in [0.4, 0.5) is 5.82 Å². The van der Waals surface area contributed by atoms with Crippen molar-refractivity contribution in [1.29, 1.82) is 0 Å². The first kappa shape index (κ1) is 11.3. The molecule has 2 rings (SSSR count). The van der Waals surface area contributed by atoms with E-state index in [0.717, 1.165) is 24.5 Å². The molecule has 1 unspecified atom stereocenters. The molecule has 16 heavy (non-hydrogen) atoms. The summed E-state index contributed by atoms with van der Waals surface area (Å²) in [4.78, 5) is 10.9. The summed E-state index contributed by atoms with van der Waals surface area (Å²) in [6.45, 7) is 3.16. The number of nitrogens with zero attached hydrogens (tertiary/aromatic N) is 3. The fourth-order valence-corrected chi connectivity index (χ4v) is 2.33. The number of hydrogen-bond donors (Lipinski definition) is 1. The molecule has 1 aromatic rings. The molecule has 0 bridgehead atoms. The van der Waals surface area contributed by atoms with Crippen LogP contribution in [0.1, 0.15) is 31.4 Å². The van der Waals surface area contributed by atoms with Gasteiger partial charge in [-0.15, -0.1) is 0 Å². The van der Waals surface area contributed by atoms with E-state index in [0.29, 0.717) is 0 Å². The molecule has 0 radical (unpaired) electrons. The maximum Gasteiger partial charge on any atom is 0.150 e. The number of hydrogen-bond acceptors (Lipinski definition) is 4. The van der Waals surface area contributed by atoms with Gasteiger partial charge in [0.2, 0.25) is 0 Å². The molecule has 88 valence electrons. The summed E-state index contributed by atoms with van der Waals surface area (Å²) in [7, 11) is 0. The summed E-state index contributed by atoms with van der Waals surface area (Å²) in [5.74, 6) is 0.934. The SMILES string of the molecule is Cc1nccnc1N1CCCCCC1CO. The van der Waals surface area contributed by atoms with E-state index in [2.05, 4.69) is 14.9 Å². The van der Waals surface area contributed by atoms with E-state index in [1.165, 1.54) is 19.3 Å². The van der Waals surface area contributed by atoms with Crippen LogP contribution in [0.5, 0.6) is 0 Å². The number of aryl methyl sites for hydroxylation is 1. The Morgan fingerprint density at radius 2 is 2.12 bits per heavy atom. The van der Waals surface area contributed by atoms with Gasteiger partial charge in [-0.1, -0.05) is 12.8 Å². The van der Waals surface area contributed by atoms with Gasteiger partial charge in [0.15, 0.2) is 0 Å². The molecule has 0 aliphatic carbocycles. The first-order valence-electron chi connectivity index (χ1n) is 5.98. The minimum atomic E-state index is 0.204. The summed E-state index contributed by atoms with van der Waals surface area (Å²) in [5, 5.41) is 9.45. The second-order valence-electron chi connectivity index (χ2n) is 4.34. The van der Waals surface area contributed by atoms with E-state index < -0.39 is 0 Å². The Morgan fingerprint density at radius 1 is 1.31 bits per heavy atom. The quantitative estimate of drug-likeness (QED) is 0.822. The van der Waals surface area contributed by atoms with E-state index >= 15 is 0 Å². The molecule has 1 atom stereocenters. The molecule has 1 fully saturated rings. The van der Waals surface area contributed by atoms with Crippen LogP contribution < -0.4 is 4.90 Å². The second-order valence-corrected chi connectivity index (χ2v) is 4.34. The van der Waals surface area contributed by atoms with Crippen molar-refractivity contribution >= 4 is 5.82 Å². The minimum Gasteiger partial charge on any atom is -0.394 e. The highest BCUT2D eigenvalue weighted by molar-refractivity contribution is 5.43. The second kappa shape index (κ2) is 5.25. The maximum absolute atomic E-state index is 9.45. The third-order valence-electron chi connectivity index (χ3n) is 3.22. The van der Waals surface area contributed by atoms with Crippen LogP contribution in [-0.2, 0) is 0 Å². The van der Waals surface area contributed by atoms with Gasteiger partial charge in [0, 0.05) is 18.9 Å². The molecule has 1 aliphatic heterocycles. The van der Waals surface area contributed by atoms with Crippen molar-refractivity contribution in [2.75, 3.05) is 18.1 Å². The summed E-state index contributed by atoms with van der Waals surface area (Å²) in [5.41, 5.74) is 0.947. The van der Waals surface area contributed by atoms with Crippen molar-refractivity contribution in [3.63, 3.8) is 0 Å². The van der Waals surface area contributed by atoms with Crippen LogP contribution in [0.3, 0.4) is 0 Å². The van der Waals surface area contributed by atoms with Crippen LogP contribution in [0.15, 0.2) is 12.4 Å². The molecule has 0 aromatic carbocycles. The Morgan fingerprint density at radius 3 is 2.88 bits per heavy atom. The Bertz CT molecular complexity index is 343. The van der Waals surface area contributed by atoms with E-state index in [4.69, 9.17) is 0 Å². The van der Waals surface area contributed by atoms with Gasteiger partial charge in [0.05, 0.1) is 18.3 Å². The molecule has 1 saturated heterocycles. The predicted octanol–water partition coefficient (Wildman–Crippen LogP) is 1.53. The summed E-state index contributed by atoms with van der Waals surface area (Å²) >= 11 is 0. The Balaban J connectivity index is 2.25. The lowest BCUT2D eigenvalue weighted by atomic mass is 10.1. The third kappa shape index (κ3) is 2.32. The van der Waals surface area contributed by atoms with Gasteiger partial charge in [-0.2, -0.15) is 0 Å².